The summed E-state index contributed by atoms with van der Waals surface area (Å²) in [6, 6.07) is 6.62. The van der Waals surface area contributed by atoms with Gasteiger partial charge >= 0.3 is 6.18 Å². The highest BCUT2D eigenvalue weighted by Crippen LogP contribution is 2.29. The van der Waals surface area contributed by atoms with Gasteiger partial charge in [0, 0.05) is 23.5 Å². The average molecular weight is 503 g/mol. The number of anilines is 1. The molecule has 0 aliphatic rings. The topological polar surface area (TPSA) is 104 Å². The van der Waals surface area contributed by atoms with Gasteiger partial charge in [-0.3, -0.25) is 10.2 Å². The number of carbonyl (C=O) groups is 1. The highest BCUT2D eigenvalue weighted by atomic mass is 32.2. The van der Waals surface area contributed by atoms with Crippen molar-refractivity contribution in [3.63, 3.8) is 0 Å². The molecule has 3 aromatic rings. The average Bonchev–Trinajstić information content (AvgIpc) is 3.26. The van der Waals surface area contributed by atoms with Crippen LogP contribution in [0.3, 0.4) is 0 Å². The Kier molecular flexibility index (Phi) is 7.81. The number of rotatable bonds is 8. The van der Waals surface area contributed by atoms with E-state index in [-0.39, 0.29) is 40.1 Å². The minimum absolute atomic E-state index is 0.0319. The van der Waals surface area contributed by atoms with E-state index in [0.29, 0.717) is 0 Å². The van der Waals surface area contributed by atoms with Gasteiger partial charge in [-0.1, -0.05) is 11.8 Å². The first kappa shape index (κ1) is 25.1. The van der Waals surface area contributed by atoms with Gasteiger partial charge in [0.1, 0.15) is 5.82 Å². The van der Waals surface area contributed by atoms with E-state index in [1.165, 1.54) is 6.07 Å². The van der Waals surface area contributed by atoms with E-state index in [0.717, 1.165) is 48.2 Å². The van der Waals surface area contributed by atoms with Crippen molar-refractivity contribution in [3.8, 4) is 0 Å². The fraction of sp³-hybridized carbons (Fsp3) is 0.200. The first-order chi connectivity index (χ1) is 16.1. The molecule has 0 atom stereocenters. The Morgan fingerprint density at radius 3 is 2.47 bits per heavy atom. The predicted molar refractivity (Wildman–Crippen MR) is 111 cm³/mol. The van der Waals surface area contributed by atoms with Gasteiger partial charge in [-0.25, -0.2) is 17.8 Å². The zero-order valence-electron chi connectivity index (χ0n) is 16.9. The Hall–Kier alpha value is -3.55. The number of nitrogens with zero attached hydrogens (tertiary/aromatic N) is 2. The van der Waals surface area contributed by atoms with Crippen LogP contribution in [0.5, 0.6) is 0 Å². The molecular weight excluding hydrogens is 488 g/mol. The lowest BCUT2D eigenvalue weighted by Crippen LogP contribution is -2.25. The zero-order chi connectivity index (χ0) is 24.9. The van der Waals surface area contributed by atoms with Gasteiger partial charge in [0.15, 0.2) is 16.6 Å². The van der Waals surface area contributed by atoms with E-state index >= 15 is 0 Å². The number of alkyl halides is 5. The van der Waals surface area contributed by atoms with Crippen LogP contribution in [0, 0.1) is 11.2 Å². The number of carbonyl (C=O) groups excluding carboxylic acids is 1. The molecular formula is C20H15F6N5O2S. The summed E-state index contributed by atoms with van der Waals surface area (Å²) in [6.07, 6.45) is -7.53. The number of amidine groups is 1. The minimum Gasteiger partial charge on any atom is -0.351 e. The van der Waals surface area contributed by atoms with Gasteiger partial charge < -0.3 is 10.6 Å². The third-order valence-corrected chi connectivity index (χ3v) is 5.25. The molecule has 0 aliphatic heterocycles. The lowest BCUT2D eigenvalue weighted by atomic mass is 10.1. The summed E-state index contributed by atoms with van der Waals surface area (Å²) >= 11 is 1.05. The zero-order valence-corrected chi connectivity index (χ0v) is 17.7. The fourth-order valence-corrected chi connectivity index (χ4v) is 3.40. The number of thioether (sulfide) groups is 1. The first-order valence-electron chi connectivity index (χ1n) is 9.40. The summed E-state index contributed by atoms with van der Waals surface area (Å²) in [6.45, 7) is 0.104. The molecule has 180 valence electrons. The number of hydrogen-bond acceptors (Lipinski definition) is 6. The normalized spacial score (nSPS) is 11.5. The van der Waals surface area contributed by atoms with Crippen molar-refractivity contribution in [2.75, 3.05) is 17.6 Å². The number of nitrogens with one attached hydrogen (secondary N) is 3. The van der Waals surface area contributed by atoms with Gasteiger partial charge in [-0.2, -0.15) is 13.2 Å². The lowest BCUT2D eigenvalue weighted by molar-refractivity contribution is -0.137. The van der Waals surface area contributed by atoms with Crippen molar-refractivity contribution in [3.05, 3.63) is 70.7 Å². The molecule has 0 radical (unpaired) electrons. The Balaban J connectivity index is 1.53. The number of halogens is 6. The van der Waals surface area contributed by atoms with E-state index in [4.69, 9.17) is 5.41 Å². The van der Waals surface area contributed by atoms with E-state index in [1.54, 1.807) is 0 Å². The first-order valence-corrected chi connectivity index (χ1v) is 10.4. The highest BCUT2D eigenvalue weighted by Gasteiger charge is 2.30. The maximum Gasteiger partial charge on any atom is 0.416 e. The van der Waals surface area contributed by atoms with Crippen molar-refractivity contribution < 1.29 is 35.8 Å². The van der Waals surface area contributed by atoms with Crippen LogP contribution in [0.1, 0.15) is 33.6 Å². The molecule has 14 heteroatoms. The number of aromatic nitrogens is 2. The molecule has 0 saturated carbocycles. The number of amides is 1. The Labute approximate surface area is 192 Å². The Bertz CT molecular complexity index is 1170. The van der Waals surface area contributed by atoms with Crippen LogP contribution in [0.25, 0.3) is 0 Å². The van der Waals surface area contributed by atoms with Crippen molar-refractivity contribution >= 4 is 29.2 Å². The van der Waals surface area contributed by atoms with Gasteiger partial charge in [-0.05, 0) is 52.8 Å². The maximum absolute atomic E-state index is 13.4. The summed E-state index contributed by atoms with van der Waals surface area (Å²) in [4.78, 5) is 12.1. The third-order valence-electron chi connectivity index (χ3n) is 4.30. The van der Waals surface area contributed by atoms with Crippen LogP contribution in [-0.2, 0) is 6.18 Å². The molecule has 3 rings (SSSR count). The van der Waals surface area contributed by atoms with Crippen LogP contribution >= 0.6 is 11.8 Å². The molecule has 0 bridgehead atoms. The van der Waals surface area contributed by atoms with E-state index in [2.05, 4.69) is 25.6 Å². The molecule has 0 fully saturated rings. The molecule has 1 aromatic heterocycles. The van der Waals surface area contributed by atoms with Crippen LogP contribution < -0.4 is 10.6 Å². The minimum atomic E-state index is -4.50. The smallest absolute Gasteiger partial charge is 0.351 e. The predicted octanol–water partition coefficient (Wildman–Crippen LogP) is 5.12. The summed E-state index contributed by atoms with van der Waals surface area (Å²) in [5.74, 6) is -1.75. The molecule has 1 heterocycles. The molecule has 1 amide bonds. The van der Waals surface area contributed by atoms with Crippen LogP contribution in [0.15, 0.2) is 52.1 Å². The van der Waals surface area contributed by atoms with Crippen LogP contribution in [0.2, 0.25) is 0 Å². The number of benzene rings is 2. The van der Waals surface area contributed by atoms with Gasteiger partial charge in [0.25, 0.3) is 12.3 Å². The molecule has 34 heavy (non-hydrogen) atoms. The molecule has 0 unspecified atom stereocenters. The van der Waals surface area contributed by atoms with E-state index in [9.17, 15) is 31.1 Å². The summed E-state index contributed by atoms with van der Waals surface area (Å²) in [5, 5.41) is 20.5. The SMILES string of the molecule is N=C(Nc1ccc(F)c(C(F)F)c1)c1nonc1SCCNC(=O)c1ccc(C(F)(F)F)cc1. The second-order valence-corrected chi connectivity index (χ2v) is 7.72. The molecule has 3 N–H and O–H groups in total. The summed E-state index contributed by atoms with van der Waals surface area (Å²) in [5.41, 5.74) is -1.65. The Morgan fingerprint density at radius 1 is 1.12 bits per heavy atom. The second kappa shape index (κ2) is 10.6. The lowest BCUT2D eigenvalue weighted by Gasteiger charge is -2.09. The highest BCUT2D eigenvalue weighted by molar-refractivity contribution is 7.99. The van der Waals surface area contributed by atoms with Gasteiger partial charge in [0.2, 0.25) is 0 Å². The maximum atomic E-state index is 13.4. The molecule has 0 aliphatic carbocycles. The summed E-state index contributed by atoms with van der Waals surface area (Å²) < 4.78 is 81.5. The van der Waals surface area contributed by atoms with E-state index < -0.39 is 35.5 Å². The standard InChI is InChI=1S/C20H15F6N5O2S/c21-14-6-5-12(9-13(14)16(22)23)29-17(27)15-19(31-33-30-15)34-8-7-28-18(32)10-1-3-11(4-2-10)20(24,25)26/h1-6,9,16H,7-8H2,(H2,27,29)(H,28,32). The van der Waals surface area contributed by atoms with Crippen LogP contribution in [-0.4, -0.2) is 34.4 Å². The molecule has 2 aromatic carbocycles. The van der Waals surface area contributed by atoms with Crippen LogP contribution in [0.4, 0.5) is 32.0 Å². The second-order valence-electron chi connectivity index (χ2n) is 6.63. The fourth-order valence-electron chi connectivity index (χ4n) is 2.65. The van der Waals surface area contributed by atoms with Crippen molar-refractivity contribution in [2.45, 2.75) is 17.6 Å². The quantitative estimate of drug-likeness (QED) is 0.130. The van der Waals surface area contributed by atoms with Gasteiger partial charge in [-0.15, -0.1) is 0 Å². The molecule has 0 saturated heterocycles. The monoisotopic (exact) mass is 503 g/mol. The summed E-state index contributed by atoms with van der Waals surface area (Å²) in [7, 11) is 0. The van der Waals surface area contributed by atoms with E-state index in [1.807, 2.05) is 0 Å². The van der Waals surface area contributed by atoms with Crippen molar-refractivity contribution in [1.82, 2.24) is 15.6 Å². The van der Waals surface area contributed by atoms with Crippen molar-refractivity contribution in [2.24, 2.45) is 0 Å². The Morgan fingerprint density at radius 2 is 1.82 bits per heavy atom. The van der Waals surface area contributed by atoms with Crippen molar-refractivity contribution in [1.29, 1.82) is 5.41 Å². The number of hydrogen-bond donors (Lipinski definition) is 3. The molecule has 7 nitrogen and oxygen atoms in total. The largest absolute Gasteiger partial charge is 0.416 e. The third kappa shape index (κ3) is 6.27. The molecule has 0 spiro atoms. The van der Waals surface area contributed by atoms with Gasteiger partial charge in [0.05, 0.1) is 11.1 Å².